The van der Waals surface area contributed by atoms with Crippen LogP contribution in [0.25, 0.3) is 0 Å². The number of nitrogens with zero attached hydrogens (tertiary/aromatic N) is 1. The highest BCUT2D eigenvalue weighted by Gasteiger charge is 2.11. The fourth-order valence-corrected chi connectivity index (χ4v) is 1.89. The van der Waals surface area contributed by atoms with E-state index < -0.39 is 0 Å². The summed E-state index contributed by atoms with van der Waals surface area (Å²) in [5.41, 5.74) is 2.70. The molecule has 0 unspecified atom stereocenters. The summed E-state index contributed by atoms with van der Waals surface area (Å²) >= 11 is 0. The SMILES string of the molecule is CN(C)CCNCc1ccc2c(c1)CCO2. The summed E-state index contributed by atoms with van der Waals surface area (Å²) in [4.78, 5) is 2.18. The van der Waals surface area contributed by atoms with Crippen molar-refractivity contribution >= 4 is 0 Å². The van der Waals surface area contributed by atoms with Crippen LogP contribution in [0.5, 0.6) is 5.75 Å². The lowest BCUT2D eigenvalue weighted by atomic mass is 10.1. The number of hydrogen-bond acceptors (Lipinski definition) is 3. The fraction of sp³-hybridized carbons (Fsp3) is 0.538. The molecule has 0 amide bonds. The molecule has 3 heteroatoms. The Labute approximate surface area is 97.4 Å². The molecule has 0 aromatic heterocycles. The number of fused-ring (bicyclic) bond motifs is 1. The largest absolute Gasteiger partial charge is 0.493 e. The second-order valence-electron chi connectivity index (χ2n) is 4.52. The first-order valence-corrected chi connectivity index (χ1v) is 5.86. The van der Waals surface area contributed by atoms with Crippen molar-refractivity contribution in [3.05, 3.63) is 29.3 Å². The van der Waals surface area contributed by atoms with Gasteiger partial charge in [-0.25, -0.2) is 0 Å². The van der Waals surface area contributed by atoms with Crippen LogP contribution in [0.2, 0.25) is 0 Å². The van der Waals surface area contributed by atoms with Gasteiger partial charge in [0.1, 0.15) is 5.75 Å². The Morgan fingerprint density at radius 3 is 3.06 bits per heavy atom. The molecule has 1 aromatic carbocycles. The zero-order valence-corrected chi connectivity index (χ0v) is 10.1. The van der Waals surface area contributed by atoms with Crippen molar-refractivity contribution in [2.24, 2.45) is 0 Å². The molecule has 1 N–H and O–H groups in total. The predicted molar refractivity (Wildman–Crippen MR) is 65.9 cm³/mol. The van der Waals surface area contributed by atoms with E-state index in [9.17, 15) is 0 Å². The number of ether oxygens (including phenoxy) is 1. The van der Waals surface area contributed by atoms with Gasteiger partial charge in [0.05, 0.1) is 6.61 Å². The molecule has 1 aromatic rings. The molecular formula is C13H20N2O. The third kappa shape index (κ3) is 2.97. The van der Waals surface area contributed by atoms with E-state index in [1.807, 2.05) is 0 Å². The van der Waals surface area contributed by atoms with Crippen LogP contribution in [0, 0.1) is 0 Å². The summed E-state index contributed by atoms with van der Waals surface area (Å²) in [6, 6.07) is 6.49. The van der Waals surface area contributed by atoms with E-state index >= 15 is 0 Å². The highest BCUT2D eigenvalue weighted by molar-refractivity contribution is 5.39. The van der Waals surface area contributed by atoms with Crippen molar-refractivity contribution in [2.75, 3.05) is 33.8 Å². The van der Waals surface area contributed by atoms with E-state index in [1.54, 1.807) is 0 Å². The second-order valence-corrected chi connectivity index (χ2v) is 4.52. The van der Waals surface area contributed by atoms with Gasteiger partial charge in [-0.05, 0) is 31.3 Å². The van der Waals surface area contributed by atoms with Crippen LogP contribution in [0.15, 0.2) is 18.2 Å². The topological polar surface area (TPSA) is 24.5 Å². The number of likely N-dealkylation sites (N-methyl/N-ethyl adjacent to an activating group) is 1. The van der Waals surface area contributed by atoms with Gasteiger partial charge in [0.15, 0.2) is 0 Å². The van der Waals surface area contributed by atoms with Gasteiger partial charge < -0.3 is 15.0 Å². The highest BCUT2D eigenvalue weighted by atomic mass is 16.5. The summed E-state index contributed by atoms with van der Waals surface area (Å²) in [5.74, 6) is 1.07. The van der Waals surface area contributed by atoms with Crippen molar-refractivity contribution < 1.29 is 4.74 Å². The lowest BCUT2D eigenvalue weighted by molar-refractivity contribution is 0.357. The number of nitrogens with one attached hydrogen (secondary N) is 1. The monoisotopic (exact) mass is 220 g/mol. The zero-order valence-electron chi connectivity index (χ0n) is 10.1. The van der Waals surface area contributed by atoms with Gasteiger partial charge >= 0.3 is 0 Å². The molecular weight excluding hydrogens is 200 g/mol. The van der Waals surface area contributed by atoms with Gasteiger partial charge in [-0.2, -0.15) is 0 Å². The summed E-state index contributed by atoms with van der Waals surface area (Å²) in [6.45, 7) is 3.89. The van der Waals surface area contributed by atoms with Gasteiger partial charge in [-0.1, -0.05) is 12.1 Å². The van der Waals surface area contributed by atoms with Gasteiger partial charge in [0.2, 0.25) is 0 Å². The molecule has 88 valence electrons. The molecule has 0 saturated heterocycles. The quantitative estimate of drug-likeness (QED) is 0.756. The molecule has 16 heavy (non-hydrogen) atoms. The third-order valence-electron chi connectivity index (χ3n) is 2.82. The average Bonchev–Trinajstić information content (AvgIpc) is 2.71. The summed E-state index contributed by atoms with van der Waals surface area (Å²) in [5, 5.41) is 3.44. The minimum atomic E-state index is 0.840. The molecule has 1 aliphatic heterocycles. The lowest BCUT2D eigenvalue weighted by Gasteiger charge is -2.10. The summed E-state index contributed by atoms with van der Waals surface area (Å²) < 4.78 is 5.48. The molecule has 0 spiro atoms. The molecule has 0 saturated carbocycles. The first-order chi connectivity index (χ1) is 7.75. The van der Waals surface area contributed by atoms with Crippen LogP contribution in [-0.2, 0) is 13.0 Å². The lowest BCUT2D eigenvalue weighted by Crippen LogP contribution is -2.26. The van der Waals surface area contributed by atoms with Gasteiger partial charge in [0.25, 0.3) is 0 Å². The maximum atomic E-state index is 5.48. The third-order valence-corrected chi connectivity index (χ3v) is 2.82. The maximum absolute atomic E-state index is 5.48. The number of rotatable bonds is 5. The molecule has 0 aliphatic carbocycles. The van der Waals surface area contributed by atoms with Crippen molar-refractivity contribution in [3.63, 3.8) is 0 Å². The normalized spacial score (nSPS) is 13.9. The maximum Gasteiger partial charge on any atom is 0.122 e. The van der Waals surface area contributed by atoms with E-state index in [-0.39, 0.29) is 0 Å². The first-order valence-electron chi connectivity index (χ1n) is 5.86. The minimum Gasteiger partial charge on any atom is -0.493 e. The molecule has 3 nitrogen and oxygen atoms in total. The second kappa shape index (κ2) is 5.32. The van der Waals surface area contributed by atoms with Crippen molar-refractivity contribution in [1.82, 2.24) is 10.2 Å². The van der Waals surface area contributed by atoms with E-state index in [0.29, 0.717) is 0 Å². The summed E-state index contributed by atoms with van der Waals surface area (Å²) in [6.07, 6.45) is 1.06. The van der Waals surface area contributed by atoms with Gasteiger partial charge in [-0.3, -0.25) is 0 Å². The van der Waals surface area contributed by atoms with Crippen LogP contribution in [-0.4, -0.2) is 38.7 Å². The van der Waals surface area contributed by atoms with E-state index in [1.165, 1.54) is 11.1 Å². The zero-order chi connectivity index (χ0) is 11.4. The Morgan fingerprint density at radius 2 is 2.25 bits per heavy atom. The molecule has 2 rings (SSSR count). The Bertz CT molecular complexity index is 350. The van der Waals surface area contributed by atoms with Crippen LogP contribution >= 0.6 is 0 Å². The fourth-order valence-electron chi connectivity index (χ4n) is 1.89. The molecule has 1 heterocycles. The Hall–Kier alpha value is -1.06. The Kier molecular flexibility index (Phi) is 3.80. The Balaban J connectivity index is 1.81. The van der Waals surface area contributed by atoms with E-state index in [4.69, 9.17) is 4.74 Å². The van der Waals surface area contributed by atoms with Crippen molar-refractivity contribution in [1.29, 1.82) is 0 Å². The predicted octanol–water partition coefficient (Wildman–Crippen LogP) is 1.27. The van der Waals surface area contributed by atoms with Crippen LogP contribution < -0.4 is 10.1 Å². The number of benzene rings is 1. The van der Waals surface area contributed by atoms with Crippen LogP contribution in [0.1, 0.15) is 11.1 Å². The summed E-state index contributed by atoms with van der Waals surface area (Å²) in [7, 11) is 4.18. The number of hydrogen-bond donors (Lipinski definition) is 1. The minimum absolute atomic E-state index is 0.840. The molecule has 0 bridgehead atoms. The van der Waals surface area contributed by atoms with Gasteiger partial charge in [0, 0.05) is 26.1 Å². The van der Waals surface area contributed by atoms with Crippen LogP contribution in [0.3, 0.4) is 0 Å². The molecule has 0 atom stereocenters. The smallest absolute Gasteiger partial charge is 0.122 e. The van der Waals surface area contributed by atoms with Gasteiger partial charge in [-0.15, -0.1) is 0 Å². The Morgan fingerprint density at radius 1 is 1.38 bits per heavy atom. The van der Waals surface area contributed by atoms with E-state index in [2.05, 4.69) is 42.5 Å². The molecule has 0 radical (unpaired) electrons. The first kappa shape index (κ1) is 11.4. The molecule has 1 aliphatic rings. The van der Waals surface area contributed by atoms with Crippen molar-refractivity contribution in [3.8, 4) is 5.75 Å². The van der Waals surface area contributed by atoms with E-state index in [0.717, 1.165) is 38.4 Å². The van der Waals surface area contributed by atoms with Crippen molar-refractivity contribution in [2.45, 2.75) is 13.0 Å². The highest BCUT2D eigenvalue weighted by Crippen LogP contribution is 2.25. The molecule has 0 fully saturated rings. The average molecular weight is 220 g/mol. The standard InChI is InChI=1S/C13H20N2O/c1-15(2)7-6-14-10-11-3-4-13-12(9-11)5-8-16-13/h3-4,9,14H,5-8,10H2,1-2H3. The van der Waals surface area contributed by atoms with Crippen LogP contribution in [0.4, 0.5) is 0 Å².